The van der Waals surface area contributed by atoms with Crippen molar-refractivity contribution in [2.45, 2.75) is 22.8 Å². The van der Waals surface area contributed by atoms with Crippen molar-refractivity contribution in [1.29, 1.82) is 0 Å². The van der Waals surface area contributed by atoms with Crippen molar-refractivity contribution < 1.29 is 0 Å². The Bertz CT molecular complexity index is 49.7. The minimum atomic E-state index is 0.662. The molecule has 1 atom stereocenters. The van der Waals surface area contributed by atoms with E-state index in [1.807, 2.05) is 0 Å². The molecule has 0 aromatic heterocycles. The monoisotopic (exact) mass is 216 g/mol. The topological polar surface area (TPSA) is 0 Å². The van der Waals surface area contributed by atoms with E-state index < -0.39 is 0 Å². The van der Waals surface area contributed by atoms with Crippen LogP contribution in [-0.4, -0.2) is 24.9 Å². The quantitative estimate of drug-likeness (QED) is 0.517. The predicted octanol–water partition coefficient (Wildman–Crippen LogP) is 1.70. The first-order valence-corrected chi connectivity index (χ1v) is 6.06. The average Bonchev–Trinajstić information content (AvgIpc) is 1.83. The average molecular weight is 215 g/mol. The maximum absolute atomic E-state index is 4.36. The fraction of sp³-hybridized carbons (Fsp3) is 1.00. The van der Waals surface area contributed by atoms with Gasteiger partial charge >= 0.3 is 68.8 Å². The minimum absolute atomic E-state index is 0.662. The molecule has 0 aliphatic heterocycles. The Hall–Kier alpha value is 1.22. The third-order valence-electron chi connectivity index (χ3n) is 0.751. The van der Waals surface area contributed by atoms with E-state index >= 15 is 0 Å². The Morgan fingerprint density at radius 3 is 2.62 bits per heavy atom. The normalized spacial score (nSPS) is 13.9. The summed E-state index contributed by atoms with van der Waals surface area (Å²) in [7, 11) is 0. The number of rotatable bonds is 4. The standard InChI is InChI=1S/C5H12S2Se/c1-2-5(7)8-4-3-6/h5-7H,2-4H2,1H3. The summed E-state index contributed by atoms with van der Waals surface area (Å²) in [4.78, 5) is 0. The summed E-state index contributed by atoms with van der Waals surface area (Å²) in [5, 5.41) is 1.26. The molecule has 0 spiro atoms. The summed E-state index contributed by atoms with van der Waals surface area (Å²) >= 11 is 9.20. The maximum atomic E-state index is 4.36. The van der Waals surface area contributed by atoms with E-state index in [0.29, 0.717) is 4.15 Å². The Labute approximate surface area is 68.8 Å². The molecule has 0 radical (unpaired) electrons. The van der Waals surface area contributed by atoms with Crippen molar-refractivity contribution in [3.8, 4) is 0 Å². The molecule has 3 heteroatoms. The van der Waals surface area contributed by atoms with Gasteiger partial charge in [0.15, 0.2) is 0 Å². The van der Waals surface area contributed by atoms with Gasteiger partial charge in [0, 0.05) is 0 Å². The van der Waals surface area contributed by atoms with E-state index in [1.54, 1.807) is 0 Å². The third kappa shape index (κ3) is 5.36. The van der Waals surface area contributed by atoms with Crippen LogP contribution < -0.4 is 0 Å². The van der Waals surface area contributed by atoms with Gasteiger partial charge in [0.25, 0.3) is 0 Å². The van der Waals surface area contributed by atoms with Crippen LogP contribution in [0.2, 0.25) is 5.32 Å². The van der Waals surface area contributed by atoms with Crippen LogP contribution in [0.3, 0.4) is 0 Å². The molecule has 1 unspecified atom stereocenters. The SMILES string of the molecule is CCC(S)[Se]CCS. The van der Waals surface area contributed by atoms with E-state index in [1.165, 1.54) is 11.7 Å². The van der Waals surface area contributed by atoms with Crippen LogP contribution in [0.1, 0.15) is 13.3 Å². The van der Waals surface area contributed by atoms with Crippen LogP contribution in [0.15, 0.2) is 0 Å². The van der Waals surface area contributed by atoms with Crippen molar-refractivity contribution in [3.05, 3.63) is 0 Å². The summed E-state index contributed by atoms with van der Waals surface area (Å²) < 4.78 is 0.662. The van der Waals surface area contributed by atoms with Crippen LogP contribution in [-0.2, 0) is 0 Å². The molecule has 0 aliphatic rings. The van der Waals surface area contributed by atoms with Gasteiger partial charge in [-0.15, -0.1) is 0 Å². The van der Waals surface area contributed by atoms with Gasteiger partial charge in [-0.3, -0.25) is 0 Å². The van der Waals surface area contributed by atoms with E-state index in [0.717, 1.165) is 20.7 Å². The van der Waals surface area contributed by atoms with Gasteiger partial charge in [-0.1, -0.05) is 0 Å². The molecule has 0 N–H and O–H groups in total. The van der Waals surface area contributed by atoms with E-state index in [4.69, 9.17) is 0 Å². The van der Waals surface area contributed by atoms with Crippen LogP contribution in [0.4, 0.5) is 0 Å². The van der Waals surface area contributed by atoms with Crippen molar-refractivity contribution in [1.82, 2.24) is 0 Å². The van der Waals surface area contributed by atoms with E-state index in [2.05, 4.69) is 32.2 Å². The van der Waals surface area contributed by atoms with Gasteiger partial charge < -0.3 is 0 Å². The van der Waals surface area contributed by atoms with Gasteiger partial charge in [0.05, 0.1) is 0 Å². The third-order valence-corrected chi connectivity index (χ3v) is 5.22. The molecule has 0 amide bonds. The fourth-order valence-corrected chi connectivity index (χ4v) is 2.69. The van der Waals surface area contributed by atoms with Crippen molar-refractivity contribution >= 4 is 40.2 Å². The number of thiol groups is 2. The predicted molar refractivity (Wildman–Crippen MR) is 47.5 cm³/mol. The molecule has 0 aliphatic carbocycles. The Balaban J connectivity index is 2.86. The first-order chi connectivity index (χ1) is 3.81. The number of hydrogen-bond donors (Lipinski definition) is 2. The van der Waals surface area contributed by atoms with Crippen LogP contribution in [0.5, 0.6) is 0 Å². The molecular weight excluding hydrogens is 203 g/mol. The first kappa shape index (κ1) is 9.22. The summed E-state index contributed by atoms with van der Waals surface area (Å²) in [6, 6.07) is 0. The van der Waals surface area contributed by atoms with Crippen LogP contribution in [0, 0.1) is 0 Å². The van der Waals surface area contributed by atoms with Crippen molar-refractivity contribution in [2.75, 3.05) is 5.75 Å². The van der Waals surface area contributed by atoms with Gasteiger partial charge in [-0.05, 0) is 0 Å². The molecule has 0 nitrogen and oxygen atoms in total. The van der Waals surface area contributed by atoms with Gasteiger partial charge in [0.1, 0.15) is 0 Å². The second-order valence-corrected chi connectivity index (χ2v) is 6.06. The first-order valence-electron chi connectivity index (χ1n) is 2.71. The molecule has 8 heavy (non-hydrogen) atoms. The molecule has 0 saturated heterocycles. The van der Waals surface area contributed by atoms with Crippen molar-refractivity contribution in [2.24, 2.45) is 0 Å². The summed E-state index contributed by atoms with van der Waals surface area (Å²) in [5.41, 5.74) is 0. The molecule has 0 bridgehead atoms. The summed E-state index contributed by atoms with van der Waals surface area (Å²) in [5.74, 6) is 1.02. The van der Waals surface area contributed by atoms with Crippen LogP contribution in [0.25, 0.3) is 0 Å². The molecule has 0 fully saturated rings. The van der Waals surface area contributed by atoms with Gasteiger partial charge in [-0.25, -0.2) is 0 Å². The molecule has 0 saturated carbocycles. The molecule has 0 aromatic carbocycles. The van der Waals surface area contributed by atoms with Gasteiger partial charge in [0.2, 0.25) is 0 Å². The zero-order valence-corrected chi connectivity index (χ0v) is 8.50. The van der Waals surface area contributed by atoms with Crippen molar-refractivity contribution in [3.63, 3.8) is 0 Å². The second-order valence-electron chi connectivity index (χ2n) is 1.46. The van der Waals surface area contributed by atoms with Gasteiger partial charge in [-0.2, -0.15) is 0 Å². The van der Waals surface area contributed by atoms with E-state index in [9.17, 15) is 0 Å². The van der Waals surface area contributed by atoms with Crippen LogP contribution >= 0.6 is 25.3 Å². The Morgan fingerprint density at radius 2 is 2.25 bits per heavy atom. The zero-order chi connectivity index (χ0) is 6.41. The molecular formula is C5H12S2Se. The zero-order valence-electron chi connectivity index (χ0n) is 5.00. The molecule has 0 aromatic rings. The summed E-state index contributed by atoms with van der Waals surface area (Å²) in [6.45, 7) is 2.18. The second kappa shape index (κ2) is 6.34. The number of hydrogen-bond acceptors (Lipinski definition) is 2. The van der Waals surface area contributed by atoms with E-state index in [-0.39, 0.29) is 0 Å². The molecule has 50 valence electrons. The Morgan fingerprint density at radius 1 is 1.62 bits per heavy atom. The fourth-order valence-electron chi connectivity index (χ4n) is 0.307. The Kier molecular flexibility index (Phi) is 7.31. The molecule has 0 rings (SSSR count). The summed E-state index contributed by atoms with van der Waals surface area (Å²) in [6.07, 6.45) is 1.21. The molecule has 0 heterocycles.